The number of ketones is 1. The Morgan fingerprint density at radius 2 is 1.29 bits per heavy atom. The Hall–Kier alpha value is -1.56. The number of carbonyl (C=O) groups excluding carboxylic acids is 4. The topological polar surface area (TPSA) is 74.8 Å². The van der Waals surface area contributed by atoms with Gasteiger partial charge in [0.15, 0.2) is 5.78 Å². The van der Waals surface area contributed by atoms with Gasteiger partial charge in [-0.1, -0.05) is 53.5 Å². The Morgan fingerprint density at radius 3 is 1.80 bits per heavy atom. The Balaban J connectivity index is 1.83. The van der Waals surface area contributed by atoms with Crippen molar-refractivity contribution in [2.75, 3.05) is 6.54 Å². The SMILES string of the molecule is O=C(CN(C(=O)c1ccc(Cl)c(Cl)c1)N1C(=O)c2c(Br)c(Br)c(Br)c(Br)c2C1=O)c1ccccc1. The molecule has 4 rings (SSSR count). The van der Waals surface area contributed by atoms with Crippen LogP contribution in [0, 0.1) is 0 Å². The average molecular weight is 769 g/mol. The maximum atomic E-state index is 13.6. The molecule has 1 aliphatic rings. The number of hydrogen-bond donors (Lipinski definition) is 0. The van der Waals surface area contributed by atoms with Crippen LogP contribution in [0.1, 0.15) is 41.4 Å². The second-order valence-corrected chi connectivity index (χ2v) is 11.2. The lowest BCUT2D eigenvalue weighted by atomic mass is 10.1. The number of imide groups is 1. The van der Waals surface area contributed by atoms with Crippen molar-refractivity contribution in [1.82, 2.24) is 10.0 Å². The molecule has 1 heterocycles. The molecule has 0 spiro atoms. The van der Waals surface area contributed by atoms with Gasteiger partial charge in [-0.05, 0) is 81.9 Å². The lowest BCUT2D eigenvalue weighted by Gasteiger charge is -2.29. The number of halogens is 6. The number of amides is 3. The van der Waals surface area contributed by atoms with E-state index in [0.29, 0.717) is 28.5 Å². The highest BCUT2D eigenvalue weighted by molar-refractivity contribution is 9.15. The van der Waals surface area contributed by atoms with Crippen molar-refractivity contribution >= 4 is 110 Å². The van der Waals surface area contributed by atoms with Gasteiger partial charge in [0.05, 0.1) is 21.2 Å². The van der Waals surface area contributed by atoms with E-state index in [9.17, 15) is 19.2 Å². The summed E-state index contributed by atoms with van der Waals surface area (Å²) in [7, 11) is 0. The van der Waals surface area contributed by atoms with Crippen LogP contribution in [0.5, 0.6) is 0 Å². The van der Waals surface area contributed by atoms with Gasteiger partial charge in [0.1, 0.15) is 6.54 Å². The Labute approximate surface area is 243 Å². The number of hydrogen-bond acceptors (Lipinski definition) is 4. The summed E-state index contributed by atoms with van der Waals surface area (Å²) in [5, 5.41) is 1.82. The molecule has 3 aromatic rings. The predicted octanol–water partition coefficient (Wildman–Crippen LogP) is 7.58. The van der Waals surface area contributed by atoms with E-state index in [1.807, 2.05) is 0 Å². The number of hydrazine groups is 1. The van der Waals surface area contributed by atoms with Crippen LogP contribution in [0.4, 0.5) is 0 Å². The highest BCUT2D eigenvalue weighted by atomic mass is 79.9. The molecule has 35 heavy (non-hydrogen) atoms. The summed E-state index contributed by atoms with van der Waals surface area (Å²) >= 11 is 25.5. The van der Waals surface area contributed by atoms with E-state index in [1.54, 1.807) is 30.3 Å². The molecule has 0 unspecified atom stereocenters. The minimum atomic E-state index is -0.785. The monoisotopic (exact) mass is 764 g/mol. The number of Topliss-reactive ketones (excluding diaryl/α,β-unsaturated/α-hetero) is 1. The van der Waals surface area contributed by atoms with Crippen molar-refractivity contribution in [3.05, 3.63) is 98.7 Å². The first-order valence-electron chi connectivity index (χ1n) is 9.64. The largest absolute Gasteiger partial charge is 0.292 e. The molecule has 3 amide bonds. The molecule has 0 aromatic heterocycles. The molecule has 0 fully saturated rings. The zero-order valence-electron chi connectivity index (χ0n) is 17.1. The van der Waals surface area contributed by atoms with Gasteiger partial charge < -0.3 is 0 Å². The van der Waals surface area contributed by atoms with Crippen LogP contribution in [0.2, 0.25) is 10.0 Å². The molecule has 0 bridgehead atoms. The molecule has 3 aromatic carbocycles. The molecular weight excluding hydrogens is 759 g/mol. The van der Waals surface area contributed by atoms with Gasteiger partial charge in [-0.15, -0.1) is 0 Å². The molecule has 1 aliphatic heterocycles. The first-order valence-corrected chi connectivity index (χ1v) is 13.6. The van der Waals surface area contributed by atoms with E-state index in [0.717, 1.165) is 5.01 Å². The maximum Gasteiger partial charge on any atom is 0.282 e. The Bertz CT molecular complexity index is 1390. The molecule has 0 atom stereocenters. The number of rotatable bonds is 5. The highest BCUT2D eigenvalue weighted by Crippen LogP contribution is 2.45. The van der Waals surface area contributed by atoms with Gasteiger partial charge in [-0.2, -0.15) is 5.01 Å². The van der Waals surface area contributed by atoms with Crippen LogP contribution < -0.4 is 0 Å². The third-order valence-electron chi connectivity index (χ3n) is 5.11. The van der Waals surface area contributed by atoms with E-state index in [4.69, 9.17) is 23.2 Å². The van der Waals surface area contributed by atoms with Gasteiger partial charge in [-0.25, -0.2) is 5.01 Å². The van der Waals surface area contributed by atoms with Crippen molar-refractivity contribution < 1.29 is 19.2 Å². The number of carbonyl (C=O) groups is 4. The summed E-state index contributed by atoms with van der Waals surface area (Å²) in [6.07, 6.45) is 0. The summed E-state index contributed by atoms with van der Waals surface area (Å²) in [5.74, 6) is -2.82. The van der Waals surface area contributed by atoms with E-state index in [1.165, 1.54) is 18.2 Å². The molecule has 12 heteroatoms. The van der Waals surface area contributed by atoms with Crippen molar-refractivity contribution in [3.8, 4) is 0 Å². The summed E-state index contributed by atoms with van der Waals surface area (Å²) in [6.45, 7) is -0.577. The maximum absolute atomic E-state index is 13.6. The fraction of sp³-hybridized carbons (Fsp3) is 0.0435. The fourth-order valence-corrected chi connectivity index (χ4v) is 6.17. The lowest BCUT2D eigenvalue weighted by molar-refractivity contribution is 0.00527. The molecule has 0 saturated heterocycles. The number of fused-ring (bicyclic) bond motifs is 1. The van der Waals surface area contributed by atoms with Crippen LogP contribution in [-0.2, 0) is 0 Å². The summed E-state index contributed by atoms with van der Waals surface area (Å²) in [4.78, 5) is 53.7. The standard InChI is InChI=1S/C23H10Br4Cl2N2O4/c24-17-15-16(18(25)20(27)19(17)26)23(35)31(22(15)34)30(9-14(32)10-4-2-1-3-5-10)21(33)11-6-7-12(28)13(29)8-11/h1-8H,9H2. The smallest absolute Gasteiger partial charge is 0.282 e. The van der Waals surface area contributed by atoms with Crippen LogP contribution in [-0.4, -0.2) is 40.1 Å². The van der Waals surface area contributed by atoms with Crippen molar-refractivity contribution in [2.24, 2.45) is 0 Å². The van der Waals surface area contributed by atoms with Gasteiger partial charge >= 0.3 is 0 Å². The average Bonchev–Trinajstić information content (AvgIpc) is 3.11. The van der Waals surface area contributed by atoms with Gasteiger partial charge in [0.25, 0.3) is 17.7 Å². The van der Waals surface area contributed by atoms with E-state index in [-0.39, 0.29) is 26.7 Å². The fourth-order valence-electron chi connectivity index (χ4n) is 3.42. The first kappa shape index (κ1) is 26.5. The molecular formula is C23H10Br4Cl2N2O4. The van der Waals surface area contributed by atoms with Crippen LogP contribution >= 0.6 is 86.9 Å². The Kier molecular flexibility index (Phi) is 7.90. The lowest BCUT2D eigenvalue weighted by Crippen LogP contribution is -2.51. The summed E-state index contributed by atoms with van der Waals surface area (Å²) < 4.78 is 1.63. The third-order valence-corrected chi connectivity index (χ3v) is 10.6. The molecule has 6 nitrogen and oxygen atoms in total. The van der Waals surface area contributed by atoms with Gasteiger partial charge in [-0.3, -0.25) is 19.2 Å². The first-order chi connectivity index (χ1) is 16.5. The van der Waals surface area contributed by atoms with E-state index in [2.05, 4.69) is 63.7 Å². The predicted molar refractivity (Wildman–Crippen MR) is 146 cm³/mol. The minimum absolute atomic E-state index is 0.0380. The summed E-state index contributed by atoms with van der Waals surface area (Å²) in [6, 6.07) is 12.4. The van der Waals surface area contributed by atoms with Crippen LogP contribution in [0.25, 0.3) is 0 Å². The van der Waals surface area contributed by atoms with Crippen molar-refractivity contribution in [3.63, 3.8) is 0 Å². The second kappa shape index (κ2) is 10.4. The molecule has 178 valence electrons. The van der Waals surface area contributed by atoms with Crippen molar-refractivity contribution in [1.29, 1.82) is 0 Å². The normalized spacial score (nSPS) is 12.7. The summed E-state index contributed by atoms with van der Waals surface area (Å²) in [5.41, 5.74) is 0.424. The zero-order chi connectivity index (χ0) is 25.6. The zero-order valence-corrected chi connectivity index (χ0v) is 25.0. The molecule has 0 aliphatic carbocycles. The van der Waals surface area contributed by atoms with Gasteiger partial charge in [0.2, 0.25) is 0 Å². The number of benzene rings is 3. The minimum Gasteiger partial charge on any atom is -0.292 e. The number of nitrogens with zero attached hydrogens (tertiary/aromatic N) is 2. The Morgan fingerprint density at radius 1 is 0.743 bits per heavy atom. The van der Waals surface area contributed by atoms with Gasteiger partial charge in [0, 0.05) is 29.0 Å². The molecule has 0 N–H and O–H groups in total. The van der Waals surface area contributed by atoms with Crippen LogP contribution in [0.15, 0.2) is 66.4 Å². The van der Waals surface area contributed by atoms with E-state index < -0.39 is 30.0 Å². The quantitative estimate of drug-likeness (QED) is 0.116. The molecule has 0 radical (unpaired) electrons. The third kappa shape index (κ3) is 4.76. The van der Waals surface area contributed by atoms with Crippen molar-refractivity contribution in [2.45, 2.75) is 0 Å². The van der Waals surface area contributed by atoms with E-state index >= 15 is 0 Å². The highest BCUT2D eigenvalue weighted by Gasteiger charge is 2.46. The molecule has 0 saturated carbocycles. The van der Waals surface area contributed by atoms with Crippen LogP contribution in [0.3, 0.4) is 0 Å². The second-order valence-electron chi connectivity index (χ2n) is 7.21.